The maximum Gasteiger partial charge on any atom is 0.167 e. The van der Waals surface area contributed by atoms with Gasteiger partial charge in [-0.05, 0) is 33.9 Å². The second-order valence-electron chi connectivity index (χ2n) is 5.98. The number of nitrogens with one attached hydrogen (secondary N) is 1. The molecular formula is C16H26FN3O. The average Bonchev–Trinajstić information content (AvgIpc) is 2.91. The molecule has 0 heterocycles. The summed E-state index contributed by atoms with van der Waals surface area (Å²) in [5.41, 5.74) is 7.24. The second kappa shape index (κ2) is 6.52. The Morgan fingerprint density at radius 1 is 1.33 bits per heavy atom. The summed E-state index contributed by atoms with van der Waals surface area (Å²) in [4.78, 5) is 2.29. The molecule has 0 radical (unpaired) electrons. The highest BCUT2D eigenvalue weighted by Gasteiger charge is 2.35. The lowest BCUT2D eigenvalue weighted by Gasteiger charge is -2.37. The van der Waals surface area contributed by atoms with Crippen LogP contribution in [0.4, 0.5) is 15.8 Å². The van der Waals surface area contributed by atoms with Crippen molar-refractivity contribution < 1.29 is 9.13 Å². The fourth-order valence-corrected chi connectivity index (χ4v) is 3.06. The van der Waals surface area contributed by atoms with Gasteiger partial charge in [-0.25, -0.2) is 4.39 Å². The van der Waals surface area contributed by atoms with Crippen molar-refractivity contribution in [2.75, 3.05) is 38.3 Å². The van der Waals surface area contributed by atoms with Crippen LogP contribution in [0.25, 0.3) is 0 Å². The van der Waals surface area contributed by atoms with E-state index in [4.69, 9.17) is 10.5 Å². The molecular weight excluding hydrogens is 269 g/mol. The van der Waals surface area contributed by atoms with Gasteiger partial charge in [0.15, 0.2) is 11.6 Å². The van der Waals surface area contributed by atoms with Gasteiger partial charge < -0.3 is 20.7 Å². The molecule has 1 aromatic rings. The highest BCUT2D eigenvalue weighted by Crippen LogP contribution is 2.35. The van der Waals surface area contributed by atoms with Crippen molar-refractivity contribution in [3.63, 3.8) is 0 Å². The number of nitrogen functional groups attached to an aromatic ring is 1. The van der Waals surface area contributed by atoms with Crippen molar-refractivity contribution in [3.05, 3.63) is 17.9 Å². The van der Waals surface area contributed by atoms with Gasteiger partial charge in [-0.15, -0.1) is 0 Å². The number of benzene rings is 1. The number of halogens is 1. The molecule has 1 aliphatic carbocycles. The van der Waals surface area contributed by atoms with E-state index in [9.17, 15) is 4.39 Å². The smallest absolute Gasteiger partial charge is 0.167 e. The van der Waals surface area contributed by atoms with Gasteiger partial charge in [0.05, 0.1) is 18.0 Å². The number of likely N-dealkylation sites (N-methyl/N-ethyl adjacent to an activating group) is 1. The summed E-state index contributed by atoms with van der Waals surface area (Å²) in [6, 6.07) is 2.98. The number of anilines is 2. The van der Waals surface area contributed by atoms with Gasteiger partial charge in [-0.1, -0.05) is 12.8 Å². The third kappa shape index (κ3) is 3.40. The Bertz CT molecular complexity index is 485. The van der Waals surface area contributed by atoms with E-state index in [1.807, 2.05) is 6.92 Å². The lowest BCUT2D eigenvalue weighted by molar-refractivity contribution is 0.172. The van der Waals surface area contributed by atoms with Gasteiger partial charge in [-0.2, -0.15) is 0 Å². The minimum atomic E-state index is -0.414. The quantitative estimate of drug-likeness (QED) is 0.792. The molecule has 3 N–H and O–H groups in total. The first-order valence-electron chi connectivity index (χ1n) is 7.61. The summed E-state index contributed by atoms with van der Waals surface area (Å²) in [5.74, 6) is -0.164. The van der Waals surface area contributed by atoms with Gasteiger partial charge in [0.1, 0.15) is 0 Å². The predicted octanol–water partition coefficient (Wildman–Crippen LogP) is 3.09. The van der Waals surface area contributed by atoms with Crippen LogP contribution < -0.4 is 15.8 Å². The van der Waals surface area contributed by atoms with Crippen molar-refractivity contribution >= 4 is 11.4 Å². The van der Waals surface area contributed by atoms with Crippen LogP contribution in [0.3, 0.4) is 0 Å². The van der Waals surface area contributed by atoms with Crippen molar-refractivity contribution in [2.45, 2.75) is 38.1 Å². The summed E-state index contributed by atoms with van der Waals surface area (Å²) in [7, 11) is 4.24. The molecule has 4 nitrogen and oxygen atoms in total. The zero-order valence-corrected chi connectivity index (χ0v) is 13.2. The Morgan fingerprint density at radius 3 is 2.57 bits per heavy atom. The Labute approximate surface area is 126 Å². The van der Waals surface area contributed by atoms with Crippen LogP contribution in [0, 0.1) is 5.82 Å². The number of nitrogens with zero attached hydrogens (tertiary/aromatic N) is 1. The molecule has 1 aliphatic rings. The summed E-state index contributed by atoms with van der Waals surface area (Å²) in [6.07, 6.45) is 4.85. The fourth-order valence-electron chi connectivity index (χ4n) is 3.06. The first kappa shape index (κ1) is 15.9. The zero-order chi connectivity index (χ0) is 15.5. The Hall–Kier alpha value is -1.49. The van der Waals surface area contributed by atoms with Crippen LogP contribution in [0.1, 0.15) is 32.6 Å². The van der Waals surface area contributed by atoms with E-state index in [0.717, 1.165) is 12.2 Å². The lowest BCUT2D eigenvalue weighted by Crippen LogP contribution is -2.47. The number of ether oxygens (including phenoxy) is 1. The molecule has 0 unspecified atom stereocenters. The van der Waals surface area contributed by atoms with Crippen LogP contribution in [-0.2, 0) is 0 Å². The number of rotatable bonds is 6. The number of nitrogens with two attached hydrogens (primary N) is 1. The van der Waals surface area contributed by atoms with Crippen LogP contribution in [0.5, 0.6) is 5.75 Å². The molecule has 0 spiro atoms. The van der Waals surface area contributed by atoms with Crippen molar-refractivity contribution in [1.29, 1.82) is 0 Å². The molecule has 2 rings (SSSR count). The molecule has 1 aromatic carbocycles. The summed E-state index contributed by atoms with van der Waals surface area (Å²) in [5, 5.41) is 3.39. The third-order valence-corrected chi connectivity index (χ3v) is 4.49. The SMILES string of the molecule is CCOc1cc(NCC2(N(C)C)CCCC2)c(N)cc1F. The van der Waals surface area contributed by atoms with Crippen LogP contribution in [0.2, 0.25) is 0 Å². The highest BCUT2D eigenvalue weighted by atomic mass is 19.1. The highest BCUT2D eigenvalue weighted by molar-refractivity contribution is 5.68. The molecule has 1 saturated carbocycles. The molecule has 0 bridgehead atoms. The van der Waals surface area contributed by atoms with E-state index in [1.54, 1.807) is 6.07 Å². The van der Waals surface area contributed by atoms with E-state index in [1.165, 1.54) is 31.7 Å². The number of hydrogen-bond acceptors (Lipinski definition) is 4. The van der Waals surface area contributed by atoms with Gasteiger partial charge in [0, 0.05) is 24.2 Å². The average molecular weight is 295 g/mol. The van der Waals surface area contributed by atoms with Crippen molar-refractivity contribution in [1.82, 2.24) is 4.90 Å². The third-order valence-electron chi connectivity index (χ3n) is 4.49. The second-order valence-corrected chi connectivity index (χ2v) is 5.98. The molecule has 5 heteroatoms. The number of hydrogen-bond donors (Lipinski definition) is 2. The Morgan fingerprint density at radius 2 is 2.00 bits per heavy atom. The summed E-state index contributed by atoms with van der Waals surface area (Å²) < 4.78 is 19.0. The molecule has 0 amide bonds. The van der Waals surface area contributed by atoms with Gasteiger partial charge in [0.2, 0.25) is 0 Å². The normalized spacial score (nSPS) is 17.2. The fraction of sp³-hybridized carbons (Fsp3) is 0.625. The molecule has 0 atom stereocenters. The zero-order valence-electron chi connectivity index (χ0n) is 13.2. The van der Waals surface area contributed by atoms with E-state index >= 15 is 0 Å². The van der Waals surface area contributed by atoms with Crippen molar-refractivity contribution in [2.24, 2.45) is 0 Å². The molecule has 0 saturated heterocycles. The van der Waals surface area contributed by atoms with E-state index < -0.39 is 5.82 Å². The van der Waals surface area contributed by atoms with E-state index in [-0.39, 0.29) is 11.3 Å². The first-order chi connectivity index (χ1) is 9.98. The molecule has 0 aromatic heterocycles. The lowest BCUT2D eigenvalue weighted by atomic mass is 9.96. The van der Waals surface area contributed by atoms with Crippen LogP contribution >= 0.6 is 0 Å². The van der Waals surface area contributed by atoms with E-state index in [2.05, 4.69) is 24.3 Å². The maximum atomic E-state index is 13.7. The summed E-state index contributed by atoms with van der Waals surface area (Å²) >= 11 is 0. The molecule has 0 aliphatic heterocycles. The van der Waals surface area contributed by atoms with Crippen LogP contribution in [0.15, 0.2) is 12.1 Å². The Balaban J connectivity index is 2.13. The van der Waals surface area contributed by atoms with Gasteiger partial charge >= 0.3 is 0 Å². The topological polar surface area (TPSA) is 50.5 Å². The molecule has 118 valence electrons. The monoisotopic (exact) mass is 295 g/mol. The molecule has 21 heavy (non-hydrogen) atoms. The minimum absolute atomic E-state index is 0.159. The largest absolute Gasteiger partial charge is 0.491 e. The van der Waals surface area contributed by atoms with Gasteiger partial charge in [0.25, 0.3) is 0 Å². The minimum Gasteiger partial charge on any atom is -0.491 e. The molecule has 1 fully saturated rings. The van der Waals surface area contributed by atoms with Crippen molar-refractivity contribution in [3.8, 4) is 5.75 Å². The van der Waals surface area contributed by atoms with Crippen LogP contribution in [-0.4, -0.2) is 37.7 Å². The van der Waals surface area contributed by atoms with E-state index in [0.29, 0.717) is 12.3 Å². The Kier molecular flexibility index (Phi) is 4.93. The van der Waals surface area contributed by atoms with Gasteiger partial charge in [-0.3, -0.25) is 0 Å². The maximum absolute atomic E-state index is 13.7. The summed E-state index contributed by atoms with van der Waals surface area (Å²) in [6.45, 7) is 3.08. The predicted molar refractivity (Wildman–Crippen MR) is 85.4 cm³/mol. The standard InChI is InChI=1S/C16H26FN3O/c1-4-21-15-10-14(13(18)9-12(15)17)19-11-16(20(2)3)7-5-6-8-16/h9-10,19H,4-8,11,18H2,1-3H3. The first-order valence-corrected chi connectivity index (χ1v) is 7.61.